The molecule has 4 heterocycles. The molecule has 198 valence electrons. The van der Waals surface area contributed by atoms with Crippen LogP contribution >= 0.6 is 39.1 Å². The third-order valence-electron chi connectivity index (χ3n) is 5.39. The Morgan fingerprint density at radius 2 is 1.43 bits per heavy atom. The van der Waals surface area contributed by atoms with Crippen LogP contribution in [0, 0.1) is 13.8 Å². The molecule has 0 fully saturated rings. The van der Waals surface area contributed by atoms with Crippen molar-refractivity contribution in [3.05, 3.63) is 55.8 Å². The summed E-state index contributed by atoms with van der Waals surface area (Å²) in [6.45, 7) is 8.08. The van der Waals surface area contributed by atoms with Crippen molar-refractivity contribution in [1.82, 2.24) is 29.2 Å². The van der Waals surface area contributed by atoms with Gasteiger partial charge in [0, 0.05) is 41.4 Å². The van der Waals surface area contributed by atoms with Gasteiger partial charge >= 0.3 is 11.9 Å². The van der Waals surface area contributed by atoms with Crippen LogP contribution in [0.3, 0.4) is 0 Å². The topological polar surface area (TPSA) is 113 Å². The molecule has 0 saturated carbocycles. The molecular weight excluding hydrogens is 587 g/mol. The molecule has 13 heteroatoms. The van der Waals surface area contributed by atoms with Crippen LogP contribution in [-0.4, -0.2) is 54.3 Å². The van der Waals surface area contributed by atoms with E-state index in [9.17, 15) is 9.59 Å². The third kappa shape index (κ3) is 6.97. The van der Waals surface area contributed by atoms with Crippen LogP contribution in [0.15, 0.2) is 22.9 Å². The van der Waals surface area contributed by atoms with E-state index in [1.165, 1.54) is 0 Å². The van der Waals surface area contributed by atoms with Gasteiger partial charge < -0.3 is 9.47 Å². The summed E-state index contributed by atoms with van der Waals surface area (Å²) in [6, 6.07) is 1.79. The van der Waals surface area contributed by atoms with E-state index in [0.717, 1.165) is 27.0 Å². The number of aromatic nitrogens is 6. The SMILES string of the molecule is CCOC(=O)CCc1c(C)nc2c(Br)cnn2c1Cl.CCOC(=O)CCc1c(C)nc2ccnn2c1Cl. The lowest BCUT2D eigenvalue weighted by Gasteiger charge is -2.09. The lowest BCUT2D eigenvalue weighted by atomic mass is 10.1. The van der Waals surface area contributed by atoms with Crippen LogP contribution in [0.2, 0.25) is 10.3 Å². The maximum absolute atomic E-state index is 11.4. The van der Waals surface area contributed by atoms with Crippen LogP contribution in [0.25, 0.3) is 11.3 Å². The lowest BCUT2D eigenvalue weighted by molar-refractivity contribution is -0.144. The summed E-state index contributed by atoms with van der Waals surface area (Å²) in [4.78, 5) is 31.6. The number of halogens is 3. The average Bonchev–Trinajstić information content (AvgIpc) is 3.46. The van der Waals surface area contributed by atoms with E-state index >= 15 is 0 Å². The van der Waals surface area contributed by atoms with Crippen LogP contribution < -0.4 is 0 Å². The normalized spacial score (nSPS) is 10.9. The lowest BCUT2D eigenvalue weighted by Crippen LogP contribution is -2.08. The Bertz CT molecular complexity index is 1420. The van der Waals surface area contributed by atoms with Crippen LogP contribution in [0.4, 0.5) is 0 Å². The molecular formula is C24H27BrCl2N6O4. The molecule has 0 aliphatic rings. The first-order chi connectivity index (χ1) is 17.7. The number of nitrogens with zero attached hydrogens (tertiary/aromatic N) is 6. The molecule has 0 radical (unpaired) electrons. The number of hydrogen-bond acceptors (Lipinski definition) is 8. The standard InChI is InChI=1S/C12H13BrClN3O2.C12H14ClN3O2/c1-3-19-10(18)5-4-8-7(2)16-12-9(13)6-15-17(12)11(8)14;1-3-18-11(17)5-4-9-8(2)15-10-6-7-14-16(10)12(9)13/h6H,3-5H2,1-2H3;6-7H,3-5H2,1-2H3. The van der Waals surface area contributed by atoms with Crippen LogP contribution in [-0.2, 0) is 31.9 Å². The van der Waals surface area contributed by atoms with Crippen molar-refractivity contribution in [3.63, 3.8) is 0 Å². The molecule has 0 amide bonds. The highest BCUT2D eigenvalue weighted by molar-refractivity contribution is 9.10. The van der Waals surface area contributed by atoms with E-state index in [2.05, 4.69) is 36.1 Å². The summed E-state index contributed by atoms with van der Waals surface area (Å²) in [6.07, 6.45) is 4.86. The highest BCUT2D eigenvalue weighted by atomic mass is 79.9. The van der Waals surface area contributed by atoms with Gasteiger partial charge in [0.15, 0.2) is 11.3 Å². The van der Waals surface area contributed by atoms with Gasteiger partial charge in [-0.25, -0.2) is 19.0 Å². The zero-order chi connectivity index (χ0) is 27.1. The van der Waals surface area contributed by atoms with Crippen molar-refractivity contribution in [2.24, 2.45) is 0 Å². The minimum Gasteiger partial charge on any atom is -0.466 e. The van der Waals surface area contributed by atoms with Gasteiger partial charge in [0.05, 0.1) is 30.1 Å². The second-order valence-electron chi connectivity index (χ2n) is 7.87. The monoisotopic (exact) mass is 612 g/mol. The number of aryl methyl sites for hydroxylation is 2. The molecule has 0 bridgehead atoms. The number of rotatable bonds is 8. The van der Waals surface area contributed by atoms with Crippen molar-refractivity contribution < 1.29 is 19.1 Å². The fourth-order valence-corrected chi connectivity index (χ4v) is 4.67. The molecule has 4 aromatic rings. The Balaban J connectivity index is 0.000000206. The number of ether oxygens (including phenoxy) is 2. The summed E-state index contributed by atoms with van der Waals surface area (Å²) in [5.41, 5.74) is 4.64. The Morgan fingerprint density at radius 3 is 2.00 bits per heavy atom. The van der Waals surface area contributed by atoms with Crippen molar-refractivity contribution >= 4 is 62.4 Å². The molecule has 4 aromatic heterocycles. The van der Waals surface area contributed by atoms with E-state index < -0.39 is 0 Å². The van der Waals surface area contributed by atoms with Gasteiger partial charge in [0.1, 0.15) is 10.3 Å². The van der Waals surface area contributed by atoms with Crippen molar-refractivity contribution in [1.29, 1.82) is 0 Å². The number of esters is 2. The molecule has 0 aromatic carbocycles. The van der Waals surface area contributed by atoms with Gasteiger partial charge in [0.25, 0.3) is 0 Å². The fourth-order valence-electron chi connectivity index (χ4n) is 3.61. The maximum atomic E-state index is 11.4. The maximum Gasteiger partial charge on any atom is 0.306 e. The summed E-state index contributed by atoms with van der Waals surface area (Å²) in [5, 5.41) is 9.22. The van der Waals surface area contributed by atoms with E-state index in [4.69, 9.17) is 32.7 Å². The molecule has 4 rings (SSSR count). The van der Waals surface area contributed by atoms with E-state index in [-0.39, 0.29) is 18.4 Å². The first-order valence-electron chi connectivity index (χ1n) is 11.7. The van der Waals surface area contributed by atoms with Gasteiger partial charge in [-0.05, 0) is 56.5 Å². The molecule has 0 aliphatic carbocycles. The van der Waals surface area contributed by atoms with Crippen LogP contribution in [0.1, 0.15) is 49.2 Å². The number of carbonyl (C=O) groups excluding carboxylic acids is 2. The smallest absolute Gasteiger partial charge is 0.306 e. The first-order valence-corrected chi connectivity index (χ1v) is 13.2. The zero-order valence-corrected chi connectivity index (χ0v) is 24.0. The fraction of sp³-hybridized carbons (Fsp3) is 0.417. The molecule has 0 unspecified atom stereocenters. The Hall–Kier alpha value is -2.76. The molecule has 0 spiro atoms. The van der Waals surface area contributed by atoms with E-state index in [1.807, 2.05) is 13.8 Å². The summed E-state index contributed by atoms with van der Waals surface area (Å²) < 4.78 is 13.7. The van der Waals surface area contributed by atoms with E-state index in [0.29, 0.717) is 54.1 Å². The molecule has 0 atom stereocenters. The van der Waals surface area contributed by atoms with Crippen molar-refractivity contribution in [3.8, 4) is 0 Å². The predicted molar refractivity (Wildman–Crippen MR) is 143 cm³/mol. The van der Waals surface area contributed by atoms with Crippen molar-refractivity contribution in [2.45, 2.75) is 53.4 Å². The molecule has 10 nitrogen and oxygen atoms in total. The Kier molecular flexibility index (Phi) is 10.2. The second-order valence-corrected chi connectivity index (χ2v) is 9.44. The van der Waals surface area contributed by atoms with Gasteiger partial charge in [-0.3, -0.25) is 9.59 Å². The Morgan fingerprint density at radius 1 is 0.892 bits per heavy atom. The second kappa shape index (κ2) is 13.2. The summed E-state index contributed by atoms with van der Waals surface area (Å²) >= 11 is 15.9. The molecule has 0 aliphatic heterocycles. The Labute approximate surface area is 232 Å². The highest BCUT2D eigenvalue weighted by Gasteiger charge is 2.16. The highest BCUT2D eigenvalue weighted by Crippen LogP contribution is 2.25. The molecule has 0 saturated heterocycles. The van der Waals surface area contributed by atoms with Gasteiger partial charge in [0.2, 0.25) is 0 Å². The molecule has 0 N–H and O–H groups in total. The van der Waals surface area contributed by atoms with Crippen molar-refractivity contribution in [2.75, 3.05) is 13.2 Å². The zero-order valence-electron chi connectivity index (χ0n) is 20.9. The first kappa shape index (κ1) is 28.8. The van der Waals surface area contributed by atoms with Crippen LogP contribution in [0.5, 0.6) is 0 Å². The minimum atomic E-state index is -0.236. The predicted octanol–water partition coefficient (Wildman–Crippen LogP) is 5.14. The van der Waals surface area contributed by atoms with Gasteiger partial charge in [-0.1, -0.05) is 23.2 Å². The summed E-state index contributed by atoms with van der Waals surface area (Å²) in [7, 11) is 0. The minimum absolute atomic E-state index is 0.228. The third-order valence-corrected chi connectivity index (χ3v) is 6.73. The summed E-state index contributed by atoms with van der Waals surface area (Å²) in [5.74, 6) is -0.465. The average molecular weight is 614 g/mol. The van der Waals surface area contributed by atoms with E-state index in [1.54, 1.807) is 41.3 Å². The van der Waals surface area contributed by atoms with Gasteiger partial charge in [-0.15, -0.1) is 0 Å². The molecule has 37 heavy (non-hydrogen) atoms. The number of fused-ring (bicyclic) bond motifs is 2. The number of hydrogen-bond donors (Lipinski definition) is 0. The largest absolute Gasteiger partial charge is 0.466 e. The number of carbonyl (C=O) groups is 2. The quantitative estimate of drug-likeness (QED) is 0.198. The van der Waals surface area contributed by atoms with Gasteiger partial charge in [-0.2, -0.15) is 10.2 Å².